The molecule has 9 heteroatoms. The van der Waals surface area contributed by atoms with Gasteiger partial charge in [-0.05, 0) is 42.5 Å². The van der Waals surface area contributed by atoms with Crippen LogP contribution in [0.25, 0.3) is 6.08 Å². The Bertz CT molecular complexity index is 925. The molecule has 1 amide bonds. The highest BCUT2D eigenvalue weighted by Gasteiger charge is 2.28. The third-order valence-corrected chi connectivity index (χ3v) is 5.24. The lowest BCUT2D eigenvalue weighted by Crippen LogP contribution is -2.37. The number of carbonyl (C=O) groups excluding carboxylic acids is 3. The van der Waals surface area contributed by atoms with Gasteiger partial charge in [0.05, 0.1) is 23.3 Å². The molecule has 2 aromatic heterocycles. The normalized spacial score (nSPS) is 21.3. The van der Waals surface area contributed by atoms with Crippen LogP contribution in [0.4, 0.5) is 5.95 Å². The highest BCUT2D eigenvalue weighted by Crippen LogP contribution is 2.30. The smallest absolute Gasteiger partial charge is 0.287 e. The number of Topliss-reactive ketones (excluding diaryl/α,β-unsaturated/α-hetero) is 1. The van der Waals surface area contributed by atoms with Gasteiger partial charge >= 0.3 is 0 Å². The molecule has 2 fully saturated rings. The summed E-state index contributed by atoms with van der Waals surface area (Å²) in [5.74, 6) is 0.396. The largest absolute Gasteiger partial charge is 0.459 e. The monoisotopic (exact) mass is 384 g/mol. The summed E-state index contributed by atoms with van der Waals surface area (Å²) in [6.45, 7) is 1.29. The minimum atomic E-state index is -0.243. The highest BCUT2D eigenvalue weighted by molar-refractivity contribution is 8.18. The van der Waals surface area contributed by atoms with Gasteiger partial charge in [0.2, 0.25) is 11.1 Å². The summed E-state index contributed by atoms with van der Waals surface area (Å²) in [7, 11) is 0. The fraction of sp³-hybridized carbons (Fsp3) is 0.278. The van der Waals surface area contributed by atoms with Crippen LogP contribution in [-0.2, 0) is 9.59 Å². The number of aromatic nitrogens is 2. The zero-order valence-electron chi connectivity index (χ0n) is 14.3. The van der Waals surface area contributed by atoms with E-state index < -0.39 is 0 Å². The molecule has 4 rings (SSSR count). The van der Waals surface area contributed by atoms with Gasteiger partial charge in [-0.1, -0.05) is 0 Å². The van der Waals surface area contributed by atoms with Crippen molar-refractivity contribution >= 4 is 40.6 Å². The molecule has 8 nitrogen and oxygen atoms in total. The van der Waals surface area contributed by atoms with Gasteiger partial charge < -0.3 is 14.6 Å². The molecule has 1 atom stereocenters. The zero-order valence-corrected chi connectivity index (χ0v) is 15.1. The molecular weight excluding hydrogens is 368 g/mol. The summed E-state index contributed by atoms with van der Waals surface area (Å²) in [5, 5.41) is 2.79. The Morgan fingerprint density at radius 3 is 3.00 bits per heavy atom. The second kappa shape index (κ2) is 7.36. The average Bonchev–Trinajstić information content (AvgIpc) is 3.38. The fourth-order valence-electron chi connectivity index (χ4n) is 3.00. The first-order chi connectivity index (χ1) is 13.1. The molecule has 27 heavy (non-hydrogen) atoms. The van der Waals surface area contributed by atoms with Crippen molar-refractivity contribution < 1.29 is 18.8 Å². The molecule has 0 bridgehead atoms. The zero-order chi connectivity index (χ0) is 18.8. The van der Waals surface area contributed by atoms with E-state index >= 15 is 0 Å². The number of nitrogens with one attached hydrogen (secondary N) is 1. The minimum absolute atomic E-state index is 0.0298. The molecule has 0 radical (unpaired) electrons. The maximum Gasteiger partial charge on any atom is 0.287 e. The van der Waals surface area contributed by atoms with Gasteiger partial charge in [-0.3, -0.25) is 14.4 Å². The molecular formula is C18H16N4O4S. The standard InChI is InChI=1S/C18H16N4O4S/c23-13-9-16(24)27-15(13)8-11-3-5-19-18(21-11)22-6-4-12(10-22)20-17(25)14-2-1-7-26-14/h1-3,5,7-8,12H,4,6,9-10H2,(H,20,25)/b15-8-. The minimum Gasteiger partial charge on any atom is -0.459 e. The van der Waals surface area contributed by atoms with Gasteiger partial charge in [0.25, 0.3) is 5.91 Å². The van der Waals surface area contributed by atoms with Crippen LogP contribution >= 0.6 is 11.8 Å². The maximum absolute atomic E-state index is 12.1. The summed E-state index contributed by atoms with van der Waals surface area (Å²) < 4.78 is 5.10. The van der Waals surface area contributed by atoms with Crippen molar-refractivity contribution in [3.63, 3.8) is 0 Å². The molecule has 2 aliphatic rings. The van der Waals surface area contributed by atoms with Crippen molar-refractivity contribution in [2.75, 3.05) is 18.0 Å². The number of ketones is 1. The topological polar surface area (TPSA) is 105 Å². The van der Waals surface area contributed by atoms with Gasteiger partial charge in [-0.15, -0.1) is 0 Å². The number of nitrogens with zero attached hydrogens (tertiary/aromatic N) is 3. The number of allylic oxidation sites excluding steroid dienone is 1. The summed E-state index contributed by atoms with van der Waals surface area (Å²) in [6, 6.07) is 4.96. The van der Waals surface area contributed by atoms with Crippen molar-refractivity contribution in [2.45, 2.75) is 18.9 Å². The average molecular weight is 384 g/mol. The Balaban J connectivity index is 1.42. The Kier molecular flexibility index (Phi) is 4.76. The number of anilines is 1. The third kappa shape index (κ3) is 3.92. The number of furan rings is 1. The molecule has 2 aromatic rings. The van der Waals surface area contributed by atoms with E-state index in [-0.39, 0.29) is 35.0 Å². The van der Waals surface area contributed by atoms with Crippen LogP contribution in [-0.4, -0.2) is 45.9 Å². The Hall–Kier alpha value is -2.94. The van der Waals surface area contributed by atoms with E-state index in [1.165, 1.54) is 6.26 Å². The maximum atomic E-state index is 12.1. The fourth-order valence-corrected chi connectivity index (χ4v) is 3.81. The van der Waals surface area contributed by atoms with Crippen LogP contribution in [0, 0.1) is 0 Å². The number of carbonyl (C=O) groups is 3. The van der Waals surface area contributed by atoms with Gasteiger partial charge in [-0.25, -0.2) is 9.97 Å². The first kappa shape index (κ1) is 17.5. The number of amides is 1. The molecule has 0 aromatic carbocycles. The molecule has 1 N–H and O–H groups in total. The Morgan fingerprint density at radius 2 is 2.26 bits per heavy atom. The van der Waals surface area contributed by atoms with E-state index in [4.69, 9.17) is 4.42 Å². The van der Waals surface area contributed by atoms with Gasteiger partial charge in [0.1, 0.15) is 0 Å². The lowest BCUT2D eigenvalue weighted by molar-refractivity contribution is -0.119. The van der Waals surface area contributed by atoms with Crippen LogP contribution < -0.4 is 10.2 Å². The first-order valence-corrected chi connectivity index (χ1v) is 9.28. The van der Waals surface area contributed by atoms with Crippen molar-refractivity contribution in [1.29, 1.82) is 0 Å². The summed E-state index contributed by atoms with van der Waals surface area (Å²) in [5.41, 5.74) is 0.577. The lowest BCUT2D eigenvalue weighted by Gasteiger charge is -2.16. The molecule has 1 unspecified atom stereocenters. The Labute approximate surface area is 159 Å². The van der Waals surface area contributed by atoms with Crippen molar-refractivity contribution in [2.24, 2.45) is 0 Å². The number of thioether (sulfide) groups is 1. The van der Waals surface area contributed by atoms with Crippen LogP contribution in [0.5, 0.6) is 0 Å². The molecule has 4 heterocycles. The molecule has 2 saturated heterocycles. The molecule has 0 aliphatic carbocycles. The number of rotatable bonds is 4. The summed E-state index contributed by atoms with van der Waals surface area (Å²) in [6.07, 6.45) is 5.41. The van der Waals surface area contributed by atoms with E-state index in [2.05, 4.69) is 15.3 Å². The van der Waals surface area contributed by atoms with Gasteiger partial charge in [0.15, 0.2) is 11.5 Å². The summed E-state index contributed by atoms with van der Waals surface area (Å²) >= 11 is 0.955. The van der Waals surface area contributed by atoms with Crippen molar-refractivity contribution in [3.05, 3.63) is 47.0 Å². The van der Waals surface area contributed by atoms with Crippen molar-refractivity contribution in [3.8, 4) is 0 Å². The quantitative estimate of drug-likeness (QED) is 0.627. The molecule has 0 saturated carbocycles. The van der Waals surface area contributed by atoms with Gasteiger partial charge in [0, 0.05) is 25.3 Å². The lowest BCUT2D eigenvalue weighted by atomic mass is 10.2. The van der Waals surface area contributed by atoms with E-state index in [1.54, 1.807) is 30.5 Å². The SMILES string of the molecule is O=C1CC(=O)/C(=C/c2ccnc(N3CCC(NC(=O)c4ccco4)C3)n2)S1. The second-order valence-electron chi connectivity index (χ2n) is 6.25. The van der Waals surface area contributed by atoms with E-state index in [1.807, 2.05) is 4.90 Å². The molecule has 2 aliphatic heterocycles. The van der Waals surface area contributed by atoms with Crippen LogP contribution in [0.1, 0.15) is 29.1 Å². The van der Waals surface area contributed by atoms with Crippen molar-refractivity contribution in [1.82, 2.24) is 15.3 Å². The first-order valence-electron chi connectivity index (χ1n) is 8.46. The molecule has 138 valence electrons. The van der Waals surface area contributed by atoms with Crippen LogP contribution in [0.3, 0.4) is 0 Å². The van der Waals surface area contributed by atoms with E-state index in [0.717, 1.165) is 18.2 Å². The third-order valence-electron chi connectivity index (χ3n) is 4.30. The predicted molar refractivity (Wildman–Crippen MR) is 99.0 cm³/mol. The Morgan fingerprint density at radius 1 is 1.37 bits per heavy atom. The predicted octanol–water partition coefficient (Wildman–Crippen LogP) is 1.65. The van der Waals surface area contributed by atoms with Gasteiger partial charge in [-0.2, -0.15) is 0 Å². The van der Waals surface area contributed by atoms with Crippen LogP contribution in [0.2, 0.25) is 0 Å². The highest BCUT2D eigenvalue weighted by atomic mass is 32.2. The number of hydrogen-bond acceptors (Lipinski definition) is 8. The number of hydrogen-bond donors (Lipinski definition) is 1. The second-order valence-corrected chi connectivity index (χ2v) is 7.35. The van der Waals surface area contributed by atoms with E-state index in [9.17, 15) is 14.4 Å². The van der Waals surface area contributed by atoms with E-state index in [0.29, 0.717) is 29.6 Å². The van der Waals surface area contributed by atoms with Crippen LogP contribution in [0.15, 0.2) is 40.0 Å². The molecule has 0 spiro atoms. The summed E-state index contributed by atoms with van der Waals surface area (Å²) in [4.78, 5) is 46.4.